The third-order valence-electron chi connectivity index (χ3n) is 3.36. The number of hydrogen-bond donors (Lipinski definition) is 0. The molecule has 0 spiro atoms. The first kappa shape index (κ1) is 22.4. The number of ether oxygens (including phenoxy) is 2. The van der Waals surface area contributed by atoms with E-state index in [0.717, 1.165) is 47.4 Å². The minimum absolute atomic E-state index is 0.0840. The third kappa shape index (κ3) is 14.0. The molecule has 0 aromatic carbocycles. The first-order valence-corrected chi connectivity index (χ1v) is 11.1. The van der Waals surface area contributed by atoms with Crippen LogP contribution >= 0.6 is 45.2 Å². The molecule has 4 nitrogen and oxygen atoms in total. The van der Waals surface area contributed by atoms with Crippen LogP contribution in [0, 0.1) is 5.92 Å². The summed E-state index contributed by atoms with van der Waals surface area (Å²) in [7, 11) is 0. The van der Waals surface area contributed by atoms with Gasteiger partial charge in [0.2, 0.25) is 0 Å². The number of halogens is 2. The number of unbranched alkanes of at least 4 members (excludes halogenated alkanes) is 1. The summed E-state index contributed by atoms with van der Waals surface area (Å²) in [5.41, 5.74) is 0. The molecule has 0 radical (unpaired) electrons. The van der Waals surface area contributed by atoms with E-state index in [-0.39, 0.29) is 11.9 Å². The normalized spacial score (nSPS) is 12.0. The largest absolute Gasteiger partial charge is 0.466 e. The summed E-state index contributed by atoms with van der Waals surface area (Å²) < 4.78 is 12.5. The summed E-state index contributed by atoms with van der Waals surface area (Å²) in [6, 6.07) is 0. The lowest BCUT2D eigenvalue weighted by atomic mass is 10.0. The molecule has 0 heterocycles. The molecular weight excluding hydrogens is 510 g/mol. The van der Waals surface area contributed by atoms with Gasteiger partial charge in [0.15, 0.2) is 0 Å². The van der Waals surface area contributed by atoms with Gasteiger partial charge in [-0.25, -0.2) is 0 Å². The maximum Gasteiger partial charge on any atom is 0.305 e. The fraction of sp³-hybridized carbons (Fsp3) is 0.875. The van der Waals surface area contributed by atoms with Gasteiger partial charge in [0.25, 0.3) is 0 Å². The van der Waals surface area contributed by atoms with Crippen molar-refractivity contribution in [3.63, 3.8) is 0 Å². The van der Waals surface area contributed by atoms with Gasteiger partial charge in [0.1, 0.15) is 0 Å². The number of rotatable bonds is 14. The maximum atomic E-state index is 11.5. The summed E-state index contributed by atoms with van der Waals surface area (Å²) in [5, 5.41) is 0. The van der Waals surface area contributed by atoms with Crippen LogP contribution in [-0.2, 0) is 19.1 Å². The fourth-order valence-corrected chi connectivity index (χ4v) is 2.67. The lowest BCUT2D eigenvalue weighted by Gasteiger charge is -2.15. The zero-order chi connectivity index (χ0) is 16.6. The first-order chi connectivity index (χ1) is 10.6. The molecule has 130 valence electrons. The Morgan fingerprint density at radius 3 is 2.05 bits per heavy atom. The number of esters is 2. The van der Waals surface area contributed by atoms with Gasteiger partial charge in [0.05, 0.1) is 13.2 Å². The lowest BCUT2D eigenvalue weighted by Crippen LogP contribution is -2.14. The topological polar surface area (TPSA) is 52.6 Å². The second-order valence-electron chi connectivity index (χ2n) is 5.26. The molecule has 0 aliphatic rings. The maximum absolute atomic E-state index is 11.5. The van der Waals surface area contributed by atoms with E-state index in [2.05, 4.69) is 52.1 Å². The first-order valence-electron chi connectivity index (χ1n) is 8.07. The summed E-state index contributed by atoms with van der Waals surface area (Å²) in [4.78, 5) is 22.8. The van der Waals surface area contributed by atoms with Crippen LogP contribution < -0.4 is 0 Å². The van der Waals surface area contributed by atoms with E-state index in [9.17, 15) is 9.59 Å². The van der Waals surface area contributed by atoms with E-state index in [1.807, 2.05) is 0 Å². The van der Waals surface area contributed by atoms with Crippen molar-refractivity contribution in [2.45, 2.75) is 58.3 Å². The van der Waals surface area contributed by atoms with Gasteiger partial charge in [-0.1, -0.05) is 58.5 Å². The molecule has 0 N–H and O–H groups in total. The van der Waals surface area contributed by atoms with Gasteiger partial charge < -0.3 is 9.47 Å². The molecule has 0 rings (SSSR count). The molecule has 0 amide bonds. The second kappa shape index (κ2) is 16.3. The second-order valence-corrected chi connectivity index (χ2v) is 7.42. The van der Waals surface area contributed by atoms with Crippen LogP contribution in [0.1, 0.15) is 58.3 Å². The quantitative estimate of drug-likeness (QED) is 0.139. The van der Waals surface area contributed by atoms with Crippen LogP contribution in [0.2, 0.25) is 0 Å². The van der Waals surface area contributed by atoms with Crippen molar-refractivity contribution in [1.82, 2.24) is 0 Å². The number of hydrogen-bond acceptors (Lipinski definition) is 4. The molecule has 0 bridgehead atoms. The summed E-state index contributed by atoms with van der Waals surface area (Å²) in [5.74, 6) is 0.241. The van der Waals surface area contributed by atoms with Gasteiger partial charge in [-0.3, -0.25) is 9.59 Å². The van der Waals surface area contributed by atoms with Crippen molar-refractivity contribution in [2.24, 2.45) is 5.92 Å². The zero-order valence-electron chi connectivity index (χ0n) is 13.5. The van der Waals surface area contributed by atoms with Crippen molar-refractivity contribution >= 4 is 57.1 Å². The third-order valence-corrected chi connectivity index (χ3v) is 4.88. The molecule has 1 atom stereocenters. The molecule has 0 aromatic heterocycles. The molecular formula is C16H28I2O4. The zero-order valence-corrected chi connectivity index (χ0v) is 17.8. The Morgan fingerprint density at radius 1 is 0.909 bits per heavy atom. The van der Waals surface area contributed by atoms with Gasteiger partial charge in [-0.15, -0.1) is 0 Å². The van der Waals surface area contributed by atoms with E-state index in [1.165, 1.54) is 0 Å². The molecule has 0 saturated heterocycles. The highest BCUT2D eigenvalue weighted by atomic mass is 127. The summed E-state index contributed by atoms with van der Waals surface area (Å²) >= 11 is 4.52. The van der Waals surface area contributed by atoms with Gasteiger partial charge in [0, 0.05) is 21.7 Å². The highest BCUT2D eigenvalue weighted by molar-refractivity contribution is 14.1. The average Bonchev–Trinajstić information content (AvgIpc) is 2.53. The van der Waals surface area contributed by atoms with Crippen molar-refractivity contribution in [3.05, 3.63) is 0 Å². The number of carbonyl (C=O) groups is 2. The predicted molar refractivity (Wildman–Crippen MR) is 106 cm³/mol. The lowest BCUT2D eigenvalue weighted by molar-refractivity contribution is -0.146. The van der Waals surface area contributed by atoms with E-state index < -0.39 is 0 Å². The fourth-order valence-electron chi connectivity index (χ4n) is 1.90. The number of carbonyl (C=O) groups excluding carboxylic acids is 2. The highest BCUT2D eigenvalue weighted by Gasteiger charge is 2.10. The van der Waals surface area contributed by atoms with E-state index in [4.69, 9.17) is 9.47 Å². The van der Waals surface area contributed by atoms with E-state index in [0.29, 0.717) is 32.0 Å². The van der Waals surface area contributed by atoms with Crippen LogP contribution in [0.3, 0.4) is 0 Å². The van der Waals surface area contributed by atoms with Gasteiger partial charge in [-0.2, -0.15) is 0 Å². The van der Waals surface area contributed by atoms with Crippen LogP contribution in [-0.4, -0.2) is 34.0 Å². The van der Waals surface area contributed by atoms with Crippen LogP contribution in [0.5, 0.6) is 0 Å². The highest BCUT2D eigenvalue weighted by Crippen LogP contribution is 2.14. The SMILES string of the molecule is CCC(CCCCOC(=O)CCCI)COC(=O)CCCI. The minimum Gasteiger partial charge on any atom is -0.466 e. The Hall–Kier alpha value is 0.400. The standard InChI is InChI=1S/C16H28I2O4/c1-2-14(13-22-16(20)9-6-11-18)7-3-4-12-21-15(19)8-5-10-17/h14H,2-13H2,1H3. The molecule has 22 heavy (non-hydrogen) atoms. The molecule has 6 heteroatoms. The Labute approximate surface area is 161 Å². The van der Waals surface area contributed by atoms with Crippen molar-refractivity contribution < 1.29 is 19.1 Å². The van der Waals surface area contributed by atoms with Crippen molar-refractivity contribution in [3.8, 4) is 0 Å². The van der Waals surface area contributed by atoms with E-state index in [1.54, 1.807) is 0 Å². The smallest absolute Gasteiger partial charge is 0.305 e. The molecule has 0 fully saturated rings. The number of alkyl halides is 2. The van der Waals surface area contributed by atoms with Crippen LogP contribution in [0.15, 0.2) is 0 Å². The average molecular weight is 538 g/mol. The van der Waals surface area contributed by atoms with Crippen molar-refractivity contribution in [1.29, 1.82) is 0 Å². The molecule has 0 aliphatic heterocycles. The van der Waals surface area contributed by atoms with Crippen LogP contribution in [0.4, 0.5) is 0 Å². The van der Waals surface area contributed by atoms with Gasteiger partial charge in [-0.05, 0) is 38.0 Å². The summed E-state index contributed by atoms with van der Waals surface area (Å²) in [6.07, 6.45) is 6.73. The Kier molecular flexibility index (Phi) is 16.6. The molecule has 0 aliphatic carbocycles. The Morgan fingerprint density at radius 2 is 1.50 bits per heavy atom. The van der Waals surface area contributed by atoms with Crippen LogP contribution in [0.25, 0.3) is 0 Å². The Balaban J connectivity index is 3.61. The summed E-state index contributed by atoms with van der Waals surface area (Å²) in [6.45, 7) is 3.14. The molecule has 0 aromatic rings. The Bertz CT molecular complexity index is 298. The monoisotopic (exact) mass is 538 g/mol. The molecule has 0 saturated carbocycles. The van der Waals surface area contributed by atoms with Gasteiger partial charge >= 0.3 is 11.9 Å². The minimum atomic E-state index is -0.0899. The predicted octanol–water partition coefficient (Wildman–Crippen LogP) is 4.70. The van der Waals surface area contributed by atoms with Crippen molar-refractivity contribution in [2.75, 3.05) is 22.1 Å². The van der Waals surface area contributed by atoms with E-state index >= 15 is 0 Å². The molecule has 1 unspecified atom stereocenters.